The lowest BCUT2D eigenvalue weighted by atomic mass is 10.2. The number of hydrogen-bond acceptors (Lipinski definition) is 3. The van der Waals surface area contributed by atoms with Gasteiger partial charge in [0.25, 0.3) is 9.05 Å². The van der Waals surface area contributed by atoms with Gasteiger partial charge in [0.1, 0.15) is 0 Å². The number of carbonyl (C=O) groups excluding carboxylic acids is 1. The number of halogens is 1. The van der Waals surface area contributed by atoms with Gasteiger partial charge in [-0.3, -0.25) is 4.79 Å². The first-order valence-corrected chi connectivity index (χ1v) is 6.48. The molecule has 0 bridgehead atoms. The van der Waals surface area contributed by atoms with E-state index in [1.165, 1.54) is 19.1 Å². The SMILES string of the molecule is CC(=O)NCc1ccc(S(=O)(=O)Cl)cc1. The second-order valence-electron chi connectivity index (χ2n) is 2.99. The Balaban J connectivity index is 2.77. The fourth-order valence-electron chi connectivity index (χ4n) is 0.996. The van der Waals surface area contributed by atoms with Gasteiger partial charge in [-0.2, -0.15) is 0 Å². The lowest BCUT2D eigenvalue weighted by molar-refractivity contribution is -0.119. The molecule has 1 aromatic carbocycles. The van der Waals surface area contributed by atoms with Crippen molar-refractivity contribution in [3.8, 4) is 0 Å². The predicted octanol–water partition coefficient (Wildman–Crippen LogP) is 1.25. The smallest absolute Gasteiger partial charge is 0.261 e. The Hall–Kier alpha value is -1.07. The highest BCUT2D eigenvalue weighted by Crippen LogP contribution is 2.15. The second-order valence-corrected chi connectivity index (χ2v) is 5.56. The average Bonchev–Trinajstić information content (AvgIpc) is 2.14. The second kappa shape index (κ2) is 4.63. The first kappa shape index (κ1) is 12.0. The van der Waals surface area contributed by atoms with Crippen LogP contribution >= 0.6 is 10.7 Å². The minimum Gasteiger partial charge on any atom is -0.352 e. The zero-order chi connectivity index (χ0) is 11.5. The van der Waals surface area contributed by atoms with Crippen LogP contribution in [0.2, 0.25) is 0 Å². The van der Waals surface area contributed by atoms with Crippen LogP contribution in [0, 0.1) is 0 Å². The summed E-state index contributed by atoms with van der Waals surface area (Å²) in [6.45, 7) is 1.79. The maximum Gasteiger partial charge on any atom is 0.261 e. The molecule has 0 radical (unpaired) electrons. The Morgan fingerprint density at radius 3 is 2.27 bits per heavy atom. The third-order valence-electron chi connectivity index (χ3n) is 1.75. The van der Waals surface area contributed by atoms with Crippen LogP contribution in [0.25, 0.3) is 0 Å². The van der Waals surface area contributed by atoms with Gasteiger partial charge in [-0.1, -0.05) is 12.1 Å². The summed E-state index contributed by atoms with van der Waals surface area (Å²) in [6.07, 6.45) is 0. The van der Waals surface area contributed by atoms with E-state index in [-0.39, 0.29) is 10.8 Å². The first-order chi connectivity index (χ1) is 6.89. The molecule has 0 unspecified atom stereocenters. The molecule has 0 saturated carbocycles. The number of rotatable bonds is 3. The summed E-state index contributed by atoms with van der Waals surface area (Å²) < 4.78 is 21.8. The van der Waals surface area contributed by atoms with Crippen molar-refractivity contribution < 1.29 is 13.2 Å². The van der Waals surface area contributed by atoms with Crippen molar-refractivity contribution in [2.45, 2.75) is 18.4 Å². The summed E-state index contributed by atoms with van der Waals surface area (Å²) >= 11 is 0. The minimum absolute atomic E-state index is 0.0516. The predicted molar refractivity (Wildman–Crippen MR) is 57.0 cm³/mol. The molecule has 6 heteroatoms. The molecule has 0 spiro atoms. The van der Waals surface area contributed by atoms with E-state index >= 15 is 0 Å². The molecular formula is C9H10ClNO3S. The van der Waals surface area contributed by atoms with Gasteiger partial charge in [0.2, 0.25) is 5.91 Å². The van der Waals surface area contributed by atoms with E-state index in [4.69, 9.17) is 10.7 Å². The van der Waals surface area contributed by atoms with E-state index in [1.807, 2.05) is 0 Å². The highest BCUT2D eigenvalue weighted by Gasteiger charge is 2.08. The van der Waals surface area contributed by atoms with Crippen molar-refractivity contribution in [2.75, 3.05) is 0 Å². The topological polar surface area (TPSA) is 63.2 Å². The monoisotopic (exact) mass is 247 g/mol. The van der Waals surface area contributed by atoms with Gasteiger partial charge >= 0.3 is 0 Å². The summed E-state index contributed by atoms with van der Waals surface area (Å²) in [5.74, 6) is -0.135. The molecule has 1 rings (SSSR count). The number of carbonyl (C=O) groups is 1. The van der Waals surface area contributed by atoms with Crippen molar-refractivity contribution in [1.82, 2.24) is 5.32 Å². The number of amides is 1. The van der Waals surface area contributed by atoms with Crippen molar-refractivity contribution in [1.29, 1.82) is 0 Å². The third-order valence-corrected chi connectivity index (χ3v) is 3.12. The molecule has 0 aromatic heterocycles. The van der Waals surface area contributed by atoms with Crippen LogP contribution < -0.4 is 5.32 Å². The van der Waals surface area contributed by atoms with E-state index in [2.05, 4.69) is 5.32 Å². The van der Waals surface area contributed by atoms with Crippen LogP contribution in [0.3, 0.4) is 0 Å². The quantitative estimate of drug-likeness (QED) is 0.818. The van der Waals surface area contributed by atoms with Crippen LogP contribution in [0.1, 0.15) is 12.5 Å². The molecule has 0 atom stereocenters. The fourth-order valence-corrected chi connectivity index (χ4v) is 1.77. The summed E-state index contributed by atoms with van der Waals surface area (Å²) in [5.41, 5.74) is 0.814. The van der Waals surface area contributed by atoms with Gasteiger partial charge in [0.05, 0.1) is 4.90 Å². The van der Waals surface area contributed by atoms with E-state index < -0.39 is 9.05 Å². The van der Waals surface area contributed by atoms with E-state index in [0.717, 1.165) is 5.56 Å². The summed E-state index contributed by atoms with van der Waals surface area (Å²) in [6, 6.07) is 6.01. The maximum atomic E-state index is 10.9. The maximum absolute atomic E-state index is 10.9. The standard InChI is InChI=1S/C9H10ClNO3S/c1-7(12)11-6-8-2-4-9(5-3-8)15(10,13)14/h2-5H,6H2,1H3,(H,11,12). The van der Waals surface area contributed by atoms with E-state index in [0.29, 0.717) is 6.54 Å². The Morgan fingerprint density at radius 2 is 1.87 bits per heavy atom. The lowest BCUT2D eigenvalue weighted by Crippen LogP contribution is -2.18. The van der Waals surface area contributed by atoms with Crippen LogP contribution in [0.4, 0.5) is 0 Å². The number of nitrogens with one attached hydrogen (secondary N) is 1. The highest BCUT2D eigenvalue weighted by atomic mass is 35.7. The van der Waals surface area contributed by atoms with E-state index in [1.54, 1.807) is 12.1 Å². The summed E-state index contributed by atoms with van der Waals surface area (Å²) in [7, 11) is 1.47. The Morgan fingerprint density at radius 1 is 1.33 bits per heavy atom. The van der Waals surface area contributed by atoms with Crippen LogP contribution in [0.15, 0.2) is 29.2 Å². The molecule has 0 aliphatic heterocycles. The largest absolute Gasteiger partial charge is 0.352 e. The van der Waals surface area contributed by atoms with Gasteiger partial charge in [-0.25, -0.2) is 8.42 Å². The molecule has 1 N–H and O–H groups in total. The Bertz CT molecular complexity index is 453. The Labute approximate surface area is 92.7 Å². The number of hydrogen-bond donors (Lipinski definition) is 1. The number of benzene rings is 1. The molecule has 1 amide bonds. The van der Waals surface area contributed by atoms with Crippen LogP contribution in [0.5, 0.6) is 0 Å². The molecular weight excluding hydrogens is 238 g/mol. The average molecular weight is 248 g/mol. The highest BCUT2D eigenvalue weighted by molar-refractivity contribution is 8.13. The molecule has 4 nitrogen and oxygen atoms in total. The van der Waals surface area contributed by atoms with Crippen molar-refractivity contribution in [3.63, 3.8) is 0 Å². The molecule has 0 fully saturated rings. The van der Waals surface area contributed by atoms with Crippen molar-refractivity contribution in [3.05, 3.63) is 29.8 Å². The molecule has 1 aromatic rings. The molecule has 15 heavy (non-hydrogen) atoms. The summed E-state index contributed by atoms with van der Waals surface area (Å²) in [5, 5.41) is 2.60. The fraction of sp³-hybridized carbons (Fsp3) is 0.222. The zero-order valence-electron chi connectivity index (χ0n) is 8.03. The van der Waals surface area contributed by atoms with Crippen LogP contribution in [-0.2, 0) is 20.4 Å². The van der Waals surface area contributed by atoms with Crippen molar-refractivity contribution in [2.24, 2.45) is 0 Å². The first-order valence-electron chi connectivity index (χ1n) is 4.17. The normalized spacial score (nSPS) is 11.1. The minimum atomic E-state index is -3.67. The van der Waals surface area contributed by atoms with Gasteiger partial charge in [0, 0.05) is 24.2 Å². The van der Waals surface area contributed by atoms with Crippen molar-refractivity contribution >= 4 is 25.6 Å². The summed E-state index contributed by atoms with van der Waals surface area (Å²) in [4.78, 5) is 10.7. The van der Waals surface area contributed by atoms with Gasteiger partial charge in [-0.15, -0.1) is 0 Å². The van der Waals surface area contributed by atoms with Gasteiger partial charge < -0.3 is 5.32 Å². The van der Waals surface area contributed by atoms with E-state index in [9.17, 15) is 13.2 Å². The molecule has 0 aliphatic rings. The Kier molecular flexibility index (Phi) is 3.71. The van der Waals surface area contributed by atoms with Crippen LogP contribution in [-0.4, -0.2) is 14.3 Å². The van der Waals surface area contributed by atoms with Gasteiger partial charge in [-0.05, 0) is 17.7 Å². The third kappa shape index (κ3) is 3.89. The molecule has 0 aliphatic carbocycles. The van der Waals surface area contributed by atoms with Gasteiger partial charge in [0.15, 0.2) is 0 Å². The molecule has 0 saturated heterocycles. The molecule has 0 heterocycles. The lowest BCUT2D eigenvalue weighted by Gasteiger charge is -2.02. The molecule has 82 valence electrons. The zero-order valence-corrected chi connectivity index (χ0v) is 9.60.